The molecule has 0 unspecified atom stereocenters. The lowest BCUT2D eigenvalue weighted by Gasteiger charge is -2.08. The molecule has 0 saturated heterocycles. The van der Waals surface area contributed by atoms with Crippen LogP contribution in [0.4, 0.5) is 0 Å². The average Bonchev–Trinajstić information content (AvgIpc) is 3.15. The summed E-state index contributed by atoms with van der Waals surface area (Å²) in [6.07, 6.45) is 6.90. The van der Waals surface area contributed by atoms with Crippen molar-refractivity contribution in [2.75, 3.05) is 7.11 Å². The van der Waals surface area contributed by atoms with Gasteiger partial charge in [0.2, 0.25) is 0 Å². The topological polar surface area (TPSA) is 79.7 Å². The summed E-state index contributed by atoms with van der Waals surface area (Å²) < 4.78 is 18.0. The SMILES string of the molecule is COc1ccc(/C=C/C(=O)Cc2cccc(OCc3cncn3C)c2)cc1OC(C)=O. The van der Waals surface area contributed by atoms with E-state index in [-0.39, 0.29) is 12.2 Å². The van der Waals surface area contributed by atoms with Crippen LogP contribution < -0.4 is 14.2 Å². The fourth-order valence-corrected chi connectivity index (χ4v) is 2.91. The van der Waals surface area contributed by atoms with Gasteiger partial charge in [-0.3, -0.25) is 9.59 Å². The molecule has 7 heteroatoms. The molecule has 1 aromatic heterocycles. The number of allylic oxidation sites excluding steroid dienone is 1. The van der Waals surface area contributed by atoms with Crippen molar-refractivity contribution in [2.24, 2.45) is 7.05 Å². The Balaban J connectivity index is 1.62. The molecular formula is C24H24N2O5. The fourth-order valence-electron chi connectivity index (χ4n) is 2.91. The third-order valence-electron chi connectivity index (χ3n) is 4.48. The van der Waals surface area contributed by atoms with Gasteiger partial charge >= 0.3 is 5.97 Å². The van der Waals surface area contributed by atoms with E-state index in [1.165, 1.54) is 20.1 Å². The molecule has 31 heavy (non-hydrogen) atoms. The quantitative estimate of drug-likeness (QED) is 0.298. The molecule has 0 fully saturated rings. The number of benzene rings is 2. The summed E-state index contributed by atoms with van der Waals surface area (Å²) in [4.78, 5) is 27.7. The first-order valence-corrected chi connectivity index (χ1v) is 9.69. The number of rotatable bonds is 9. The molecule has 0 saturated carbocycles. The molecule has 3 aromatic rings. The molecule has 0 radical (unpaired) electrons. The molecule has 0 bridgehead atoms. The van der Waals surface area contributed by atoms with E-state index >= 15 is 0 Å². The van der Waals surface area contributed by atoms with Gasteiger partial charge in [0, 0.05) is 20.4 Å². The number of carbonyl (C=O) groups is 2. The zero-order chi connectivity index (χ0) is 22.2. The zero-order valence-corrected chi connectivity index (χ0v) is 17.7. The van der Waals surface area contributed by atoms with Crippen molar-refractivity contribution in [3.63, 3.8) is 0 Å². The predicted octanol–water partition coefficient (Wildman–Crippen LogP) is 3.76. The van der Waals surface area contributed by atoms with Crippen LogP contribution in [0.25, 0.3) is 6.08 Å². The molecule has 0 spiro atoms. The summed E-state index contributed by atoms with van der Waals surface area (Å²) in [5, 5.41) is 0. The minimum atomic E-state index is -0.444. The van der Waals surface area contributed by atoms with Gasteiger partial charge in [-0.25, -0.2) is 4.98 Å². The zero-order valence-electron chi connectivity index (χ0n) is 17.7. The second-order valence-electron chi connectivity index (χ2n) is 6.91. The van der Waals surface area contributed by atoms with E-state index in [9.17, 15) is 9.59 Å². The molecule has 0 aliphatic rings. The third kappa shape index (κ3) is 6.30. The molecular weight excluding hydrogens is 396 g/mol. The Kier molecular flexibility index (Phi) is 7.22. The van der Waals surface area contributed by atoms with E-state index in [1.54, 1.807) is 36.8 Å². The molecule has 0 N–H and O–H groups in total. The summed E-state index contributed by atoms with van der Waals surface area (Å²) in [5.74, 6) is 0.941. The Morgan fingerprint density at radius 2 is 1.97 bits per heavy atom. The maximum atomic E-state index is 12.4. The van der Waals surface area contributed by atoms with Crippen LogP contribution in [0.3, 0.4) is 0 Å². The van der Waals surface area contributed by atoms with Gasteiger partial charge in [-0.15, -0.1) is 0 Å². The highest BCUT2D eigenvalue weighted by molar-refractivity contribution is 5.95. The maximum absolute atomic E-state index is 12.4. The van der Waals surface area contributed by atoms with Gasteiger partial charge in [-0.2, -0.15) is 0 Å². The van der Waals surface area contributed by atoms with Crippen molar-refractivity contribution in [3.8, 4) is 17.2 Å². The van der Waals surface area contributed by atoms with E-state index < -0.39 is 5.97 Å². The van der Waals surface area contributed by atoms with Gasteiger partial charge in [0.25, 0.3) is 0 Å². The van der Waals surface area contributed by atoms with E-state index in [1.807, 2.05) is 35.9 Å². The molecule has 0 amide bonds. The first-order chi connectivity index (χ1) is 14.9. The number of hydrogen-bond donors (Lipinski definition) is 0. The number of imidazole rings is 1. The number of carbonyl (C=O) groups excluding carboxylic acids is 2. The standard InChI is InChI=1S/C24H24N2O5/c1-17(27)31-24-13-18(8-10-23(24)29-3)7-9-21(28)11-19-5-4-6-22(12-19)30-15-20-14-25-16-26(20)2/h4-10,12-14,16H,11,15H2,1-3H3/b9-7+. The van der Waals surface area contributed by atoms with Gasteiger partial charge in [-0.05, 0) is 41.5 Å². The van der Waals surface area contributed by atoms with Crippen molar-refractivity contribution in [1.29, 1.82) is 0 Å². The van der Waals surface area contributed by atoms with Gasteiger partial charge in [0.15, 0.2) is 17.3 Å². The van der Waals surface area contributed by atoms with Crippen LogP contribution in [0.15, 0.2) is 61.1 Å². The Labute approximate surface area is 180 Å². The highest BCUT2D eigenvalue weighted by Crippen LogP contribution is 2.28. The van der Waals surface area contributed by atoms with Crippen LogP contribution in [0.1, 0.15) is 23.7 Å². The van der Waals surface area contributed by atoms with Gasteiger partial charge in [0.05, 0.1) is 25.3 Å². The Morgan fingerprint density at radius 1 is 1.13 bits per heavy atom. The van der Waals surface area contributed by atoms with Crippen molar-refractivity contribution in [3.05, 3.63) is 77.9 Å². The summed E-state index contributed by atoms with van der Waals surface area (Å²) in [7, 11) is 3.40. The van der Waals surface area contributed by atoms with E-state index in [0.717, 1.165) is 16.8 Å². The van der Waals surface area contributed by atoms with Crippen LogP contribution >= 0.6 is 0 Å². The third-order valence-corrected chi connectivity index (χ3v) is 4.48. The number of methoxy groups -OCH3 is 1. The lowest BCUT2D eigenvalue weighted by molar-refractivity contribution is -0.132. The summed E-state index contributed by atoms with van der Waals surface area (Å²) in [6.45, 7) is 1.72. The minimum Gasteiger partial charge on any atom is -0.493 e. The first-order valence-electron chi connectivity index (χ1n) is 9.69. The van der Waals surface area contributed by atoms with E-state index in [4.69, 9.17) is 14.2 Å². The highest BCUT2D eigenvalue weighted by Gasteiger charge is 2.08. The number of aryl methyl sites for hydroxylation is 1. The fraction of sp³-hybridized carbons (Fsp3) is 0.208. The molecule has 0 aliphatic heterocycles. The molecule has 7 nitrogen and oxygen atoms in total. The summed E-state index contributed by atoms with van der Waals surface area (Å²) in [5.41, 5.74) is 2.53. The van der Waals surface area contributed by atoms with Crippen molar-refractivity contribution >= 4 is 17.8 Å². The molecule has 3 rings (SSSR count). The summed E-state index contributed by atoms with van der Waals surface area (Å²) in [6, 6.07) is 12.6. The number of ether oxygens (including phenoxy) is 3. The number of aromatic nitrogens is 2. The molecule has 0 atom stereocenters. The smallest absolute Gasteiger partial charge is 0.308 e. The maximum Gasteiger partial charge on any atom is 0.308 e. The normalized spacial score (nSPS) is 10.8. The Bertz CT molecular complexity index is 1100. The minimum absolute atomic E-state index is 0.0614. The highest BCUT2D eigenvalue weighted by atomic mass is 16.6. The van der Waals surface area contributed by atoms with Crippen molar-refractivity contribution < 1.29 is 23.8 Å². The second kappa shape index (κ2) is 10.2. The average molecular weight is 420 g/mol. The number of hydrogen-bond acceptors (Lipinski definition) is 6. The van der Waals surface area contributed by atoms with Crippen LogP contribution in [-0.2, 0) is 29.7 Å². The first kappa shape index (κ1) is 21.8. The number of ketones is 1. The molecule has 1 heterocycles. The van der Waals surface area contributed by atoms with Crippen LogP contribution in [-0.4, -0.2) is 28.4 Å². The van der Waals surface area contributed by atoms with E-state index in [0.29, 0.717) is 23.9 Å². The van der Waals surface area contributed by atoms with Crippen molar-refractivity contribution in [2.45, 2.75) is 20.0 Å². The van der Waals surface area contributed by atoms with Gasteiger partial charge in [-0.1, -0.05) is 24.3 Å². The predicted molar refractivity (Wildman–Crippen MR) is 116 cm³/mol. The van der Waals surface area contributed by atoms with Crippen molar-refractivity contribution in [1.82, 2.24) is 9.55 Å². The van der Waals surface area contributed by atoms with Crippen LogP contribution in [0, 0.1) is 0 Å². The van der Waals surface area contributed by atoms with Gasteiger partial charge in [0.1, 0.15) is 12.4 Å². The number of nitrogens with zero attached hydrogens (tertiary/aromatic N) is 2. The van der Waals surface area contributed by atoms with Crippen LogP contribution in [0.5, 0.6) is 17.2 Å². The second-order valence-corrected chi connectivity index (χ2v) is 6.91. The number of esters is 1. The molecule has 2 aromatic carbocycles. The monoisotopic (exact) mass is 420 g/mol. The Morgan fingerprint density at radius 3 is 2.68 bits per heavy atom. The lowest BCUT2D eigenvalue weighted by atomic mass is 10.1. The van der Waals surface area contributed by atoms with E-state index in [2.05, 4.69) is 4.98 Å². The largest absolute Gasteiger partial charge is 0.493 e. The van der Waals surface area contributed by atoms with Crippen LogP contribution in [0.2, 0.25) is 0 Å². The lowest BCUT2D eigenvalue weighted by Crippen LogP contribution is -2.03. The summed E-state index contributed by atoms with van der Waals surface area (Å²) >= 11 is 0. The Hall–Kier alpha value is -3.87. The van der Waals surface area contributed by atoms with Gasteiger partial charge < -0.3 is 18.8 Å². The molecule has 160 valence electrons. The molecule has 0 aliphatic carbocycles.